The monoisotopic (exact) mass is 347 g/mol. The second-order valence-electron chi connectivity index (χ2n) is 3.88. The van der Waals surface area contributed by atoms with Crippen molar-refractivity contribution in [3.63, 3.8) is 0 Å². The molecule has 0 aromatic rings. The molecular formula is C11H25NO8Ti. The summed E-state index contributed by atoms with van der Waals surface area (Å²) in [7, 11) is 0. The van der Waals surface area contributed by atoms with Crippen LogP contribution in [0.2, 0.25) is 0 Å². The van der Waals surface area contributed by atoms with Crippen molar-refractivity contribution in [2.45, 2.75) is 20.3 Å². The van der Waals surface area contributed by atoms with Crippen molar-refractivity contribution in [1.29, 1.82) is 0 Å². The van der Waals surface area contributed by atoms with Crippen LogP contribution in [0.5, 0.6) is 0 Å². The molecule has 0 spiro atoms. The maximum atomic E-state index is 10.0. The van der Waals surface area contributed by atoms with Crippen molar-refractivity contribution >= 4 is 11.6 Å². The molecule has 0 heterocycles. The fraction of sp³-hybridized carbons (Fsp3) is 0.818. The first kappa shape index (κ1) is 25.6. The number of carbonyl (C=O) groups excluding carboxylic acids is 2. The van der Waals surface area contributed by atoms with Crippen molar-refractivity contribution in [2.24, 2.45) is 0 Å². The second-order valence-corrected chi connectivity index (χ2v) is 4.76. The average Bonchev–Trinajstić information content (AvgIpc) is 2.28. The SMILES string of the molecule is CC(=O)CC(C)=O.OCCN(CCO)CCO.[O]=[Ti]([OH])[OH]. The van der Waals surface area contributed by atoms with Gasteiger partial charge in [-0.05, 0) is 13.8 Å². The van der Waals surface area contributed by atoms with Gasteiger partial charge < -0.3 is 15.3 Å². The summed E-state index contributed by atoms with van der Waals surface area (Å²) in [5, 5.41) is 25.5. The van der Waals surface area contributed by atoms with E-state index in [1.165, 1.54) is 13.8 Å². The van der Waals surface area contributed by atoms with Gasteiger partial charge >= 0.3 is 29.3 Å². The molecular weight excluding hydrogens is 322 g/mol. The van der Waals surface area contributed by atoms with Crippen LogP contribution in [0, 0.1) is 0 Å². The standard InChI is InChI=1S/C6H15NO3.C5H8O2.2H2O.O.Ti/c8-4-1-7(2-5-9)3-6-10;1-4(6)3-5(2)7;;;;/h8-10H,1-6H2;3H2,1-2H3;2*1H2;;/q;;;;;+2/p-2. The molecule has 126 valence electrons. The van der Waals surface area contributed by atoms with Crippen LogP contribution in [0.25, 0.3) is 0 Å². The van der Waals surface area contributed by atoms with Gasteiger partial charge in [0.15, 0.2) is 0 Å². The van der Waals surface area contributed by atoms with Gasteiger partial charge in [0.2, 0.25) is 0 Å². The molecule has 0 saturated carbocycles. The van der Waals surface area contributed by atoms with Crippen molar-refractivity contribution in [3.8, 4) is 0 Å². The zero-order valence-corrected chi connectivity index (χ0v) is 13.9. The van der Waals surface area contributed by atoms with E-state index in [0.717, 1.165) is 0 Å². The first-order chi connectivity index (χ1) is 9.70. The molecule has 0 aromatic carbocycles. The number of Topliss-reactive ketones (excluding diaryl/α,β-unsaturated/α-hetero) is 2. The van der Waals surface area contributed by atoms with Gasteiger partial charge in [0, 0.05) is 19.6 Å². The van der Waals surface area contributed by atoms with Crippen molar-refractivity contribution in [2.75, 3.05) is 39.5 Å². The Morgan fingerprint density at radius 2 is 1.10 bits per heavy atom. The molecule has 0 atom stereocenters. The van der Waals surface area contributed by atoms with Crippen molar-refractivity contribution < 1.29 is 54.2 Å². The number of nitrogens with zero attached hydrogens (tertiary/aromatic N) is 1. The van der Waals surface area contributed by atoms with Crippen LogP contribution in [0.15, 0.2) is 0 Å². The number of hydrogen-bond acceptors (Lipinski definition) is 7. The first-order valence-electron chi connectivity index (χ1n) is 6.16. The third-order valence-corrected chi connectivity index (χ3v) is 1.75. The van der Waals surface area contributed by atoms with E-state index < -0.39 is 18.6 Å². The van der Waals surface area contributed by atoms with Crippen LogP contribution in [-0.2, 0) is 31.5 Å². The number of rotatable bonds is 8. The summed E-state index contributed by atoms with van der Waals surface area (Å²) in [6.07, 6.45) is 0.0833. The molecule has 0 aromatic heterocycles. The Labute approximate surface area is 130 Å². The zero-order chi connectivity index (χ0) is 17.3. The molecule has 5 N–H and O–H groups in total. The summed E-state index contributed by atoms with van der Waals surface area (Å²) in [4.78, 5) is 21.9. The summed E-state index contributed by atoms with van der Waals surface area (Å²) in [5.41, 5.74) is 0. The Morgan fingerprint density at radius 1 is 0.857 bits per heavy atom. The Morgan fingerprint density at radius 3 is 1.19 bits per heavy atom. The third-order valence-electron chi connectivity index (χ3n) is 1.75. The van der Waals surface area contributed by atoms with E-state index in [4.69, 9.17) is 26.0 Å². The summed E-state index contributed by atoms with van der Waals surface area (Å²) in [5.74, 6) is -0.125. The quantitative estimate of drug-likeness (QED) is 0.238. The zero-order valence-electron chi connectivity index (χ0n) is 12.4. The van der Waals surface area contributed by atoms with Crippen LogP contribution in [0.4, 0.5) is 0 Å². The topological polar surface area (TPSA) is 156 Å². The van der Waals surface area contributed by atoms with Crippen molar-refractivity contribution in [1.82, 2.24) is 4.90 Å². The molecule has 0 unspecified atom stereocenters. The predicted molar refractivity (Wildman–Crippen MR) is 68.8 cm³/mol. The van der Waals surface area contributed by atoms with Gasteiger partial charge in [-0.3, -0.25) is 14.5 Å². The van der Waals surface area contributed by atoms with Crippen LogP contribution < -0.4 is 0 Å². The van der Waals surface area contributed by atoms with Gasteiger partial charge in [-0.25, -0.2) is 0 Å². The van der Waals surface area contributed by atoms with E-state index in [9.17, 15) is 9.59 Å². The van der Waals surface area contributed by atoms with Gasteiger partial charge in [0.05, 0.1) is 26.2 Å². The van der Waals surface area contributed by atoms with E-state index in [-0.39, 0.29) is 37.8 Å². The molecule has 0 radical (unpaired) electrons. The Balaban J connectivity index is -0.000000256. The molecule has 10 heteroatoms. The van der Waals surface area contributed by atoms with E-state index in [0.29, 0.717) is 19.6 Å². The molecule has 9 nitrogen and oxygen atoms in total. The van der Waals surface area contributed by atoms with E-state index >= 15 is 0 Å². The Kier molecular flexibility index (Phi) is 23.9. The van der Waals surface area contributed by atoms with Gasteiger partial charge in [0.1, 0.15) is 11.6 Å². The molecule has 0 aliphatic carbocycles. The molecule has 0 saturated heterocycles. The van der Waals surface area contributed by atoms with Gasteiger partial charge in [-0.1, -0.05) is 0 Å². The van der Waals surface area contributed by atoms with Crippen LogP contribution in [0.3, 0.4) is 0 Å². The normalized spacial score (nSPS) is 9.14. The average molecular weight is 347 g/mol. The summed E-state index contributed by atoms with van der Waals surface area (Å²) in [6, 6.07) is 0. The second kappa shape index (κ2) is 19.6. The summed E-state index contributed by atoms with van der Waals surface area (Å²) >= 11 is -3.58. The number of ketones is 2. The molecule has 0 aliphatic heterocycles. The molecule has 0 bridgehead atoms. The fourth-order valence-electron chi connectivity index (χ4n) is 1.11. The van der Waals surface area contributed by atoms with E-state index in [1.807, 2.05) is 0 Å². The molecule has 0 fully saturated rings. The third kappa shape index (κ3) is 38.2. The molecule has 0 aliphatic rings. The number of carbonyl (C=O) groups is 2. The Bertz CT molecular complexity index is 257. The van der Waals surface area contributed by atoms with Crippen molar-refractivity contribution in [3.05, 3.63) is 0 Å². The maximum absolute atomic E-state index is 10.0. The number of aliphatic hydroxyl groups is 3. The van der Waals surface area contributed by atoms with Gasteiger partial charge in [-0.15, -0.1) is 0 Å². The summed E-state index contributed by atoms with van der Waals surface area (Å²) < 4.78 is 23.2. The number of hydrogen-bond donors (Lipinski definition) is 5. The van der Waals surface area contributed by atoms with E-state index in [1.54, 1.807) is 4.90 Å². The molecule has 0 rings (SSSR count). The summed E-state index contributed by atoms with van der Waals surface area (Å²) in [6.45, 7) is 4.56. The van der Waals surface area contributed by atoms with Crippen LogP contribution >= 0.6 is 0 Å². The molecule has 21 heavy (non-hydrogen) atoms. The number of aliphatic hydroxyl groups excluding tert-OH is 3. The predicted octanol–water partition coefficient (Wildman–Crippen LogP) is -2.42. The Hall–Kier alpha value is -0.386. The van der Waals surface area contributed by atoms with Gasteiger partial charge in [0.25, 0.3) is 0 Å². The fourth-order valence-corrected chi connectivity index (χ4v) is 1.11. The van der Waals surface area contributed by atoms with E-state index in [2.05, 4.69) is 0 Å². The minimum absolute atomic E-state index is 0.0625. The molecule has 0 amide bonds. The first-order valence-corrected chi connectivity index (χ1v) is 8.20. The van der Waals surface area contributed by atoms with Gasteiger partial charge in [-0.2, -0.15) is 0 Å². The van der Waals surface area contributed by atoms with Crippen LogP contribution in [-0.4, -0.2) is 78.6 Å². The minimum atomic E-state index is -3.58. The van der Waals surface area contributed by atoms with Crippen LogP contribution in [0.1, 0.15) is 20.3 Å².